The maximum atomic E-state index is 12.2. The molecule has 1 fully saturated rings. The van der Waals surface area contributed by atoms with Crippen molar-refractivity contribution < 1.29 is 14.7 Å². The molecule has 0 unspecified atom stereocenters. The van der Waals surface area contributed by atoms with E-state index in [1.165, 1.54) is 0 Å². The molecular weight excluding hydrogens is 268 g/mol. The highest BCUT2D eigenvalue weighted by molar-refractivity contribution is 5.98. The Bertz CT molecular complexity index is 535. The summed E-state index contributed by atoms with van der Waals surface area (Å²) in [5.74, 6) is -0.358. The van der Waals surface area contributed by atoms with Gasteiger partial charge in [-0.1, -0.05) is 12.1 Å². The minimum Gasteiger partial charge on any atom is -0.390 e. The van der Waals surface area contributed by atoms with E-state index in [1.807, 2.05) is 18.2 Å². The van der Waals surface area contributed by atoms with Gasteiger partial charge in [0.05, 0.1) is 5.60 Å². The first kappa shape index (κ1) is 15.5. The quantitative estimate of drug-likeness (QED) is 0.757. The lowest BCUT2D eigenvalue weighted by molar-refractivity contribution is -0.120. The highest BCUT2D eigenvalue weighted by Gasteiger charge is 2.25. The molecule has 0 aliphatic carbocycles. The van der Waals surface area contributed by atoms with Crippen LogP contribution >= 0.6 is 0 Å². The highest BCUT2D eigenvalue weighted by Crippen LogP contribution is 2.14. The van der Waals surface area contributed by atoms with E-state index in [4.69, 9.17) is 0 Å². The summed E-state index contributed by atoms with van der Waals surface area (Å²) in [4.78, 5) is 23.6. The zero-order valence-corrected chi connectivity index (χ0v) is 12.5. The Morgan fingerprint density at radius 2 is 2.24 bits per heavy atom. The van der Waals surface area contributed by atoms with E-state index in [0.29, 0.717) is 31.4 Å². The molecule has 0 radical (unpaired) electrons. The molecule has 0 spiro atoms. The fraction of sp³-hybridized carbons (Fsp3) is 0.500. The predicted octanol–water partition coefficient (Wildman–Crippen LogP) is 1.01. The zero-order valence-electron chi connectivity index (χ0n) is 12.5. The number of carbonyl (C=O) groups is 2. The number of rotatable bonds is 5. The molecule has 1 atom stereocenters. The van der Waals surface area contributed by atoms with Crippen LogP contribution < -0.4 is 10.6 Å². The fourth-order valence-corrected chi connectivity index (χ4v) is 2.29. The fourth-order valence-electron chi connectivity index (χ4n) is 2.29. The van der Waals surface area contributed by atoms with Crippen molar-refractivity contribution in [2.45, 2.75) is 44.8 Å². The third kappa shape index (κ3) is 4.56. The van der Waals surface area contributed by atoms with E-state index in [-0.39, 0.29) is 11.8 Å². The zero-order chi connectivity index (χ0) is 15.5. The smallest absolute Gasteiger partial charge is 0.251 e. The van der Waals surface area contributed by atoms with Crippen LogP contribution in [0.5, 0.6) is 0 Å². The van der Waals surface area contributed by atoms with Crippen molar-refractivity contribution in [3.05, 3.63) is 35.4 Å². The lowest BCUT2D eigenvalue weighted by atomic mass is 9.98. The van der Waals surface area contributed by atoms with E-state index < -0.39 is 11.6 Å². The van der Waals surface area contributed by atoms with Crippen LogP contribution in [0, 0.1) is 0 Å². The van der Waals surface area contributed by atoms with Crippen molar-refractivity contribution >= 4 is 11.8 Å². The summed E-state index contributed by atoms with van der Waals surface area (Å²) >= 11 is 0. The Balaban J connectivity index is 1.99. The van der Waals surface area contributed by atoms with Gasteiger partial charge in [0.2, 0.25) is 5.91 Å². The standard InChI is InChI=1S/C16H22N2O3/c1-16(2,21)8-6-11-4-3-5-12(10-11)14(19)18-13-7-9-17-15(13)20/h3-5,10,13,21H,6-9H2,1-2H3,(H,17,20)(H,18,19)/t13-/m1/s1. The van der Waals surface area contributed by atoms with Gasteiger partial charge in [0.1, 0.15) is 6.04 Å². The van der Waals surface area contributed by atoms with Crippen LogP contribution in [-0.2, 0) is 11.2 Å². The van der Waals surface area contributed by atoms with Gasteiger partial charge in [0.25, 0.3) is 5.91 Å². The summed E-state index contributed by atoms with van der Waals surface area (Å²) in [6.45, 7) is 4.14. The molecule has 2 amide bonds. The lowest BCUT2D eigenvalue weighted by Crippen LogP contribution is -2.40. The third-order valence-electron chi connectivity index (χ3n) is 3.57. The molecule has 0 bridgehead atoms. The molecule has 0 saturated carbocycles. The molecule has 5 heteroatoms. The first-order chi connectivity index (χ1) is 9.85. The van der Waals surface area contributed by atoms with Crippen LogP contribution in [0.1, 0.15) is 42.6 Å². The van der Waals surface area contributed by atoms with E-state index in [2.05, 4.69) is 10.6 Å². The molecule has 1 aromatic carbocycles. The van der Waals surface area contributed by atoms with Crippen LogP contribution in [0.2, 0.25) is 0 Å². The van der Waals surface area contributed by atoms with Crippen LogP contribution in [0.4, 0.5) is 0 Å². The minimum absolute atomic E-state index is 0.124. The number of aliphatic hydroxyl groups is 1. The molecule has 5 nitrogen and oxygen atoms in total. The third-order valence-corrected chi connectivity index (χ3v) is 3.57. The van der Waals surface area contributed by atoms with Gasteiger partial charge in [-0.05, 0) is 50.8 Å². The number of hydrogen-bond acceptors (Lipinski definition) is 3. The SMILES string of the molecule is CC(C)(O)CCc1cccc(C(=O)N[C@@H]2CCNC2=O)c1. The van der Waals surface area contributed by atoms with Gasteiger partial charge in [-0.3, -0.25) is 9.59 Å². The molecular formula is C16H22N2O3. The molecule has 1 heterocycles. The topological polar surface area (TPSA) is 78.4 Å². The summed E-state index contributed by atoms with van der Waals surface area (Å²) in [5, 5.41) is 15.2. The first-order valence-electron chi connectivity index (χ1n) is 7.25. The number of amides is 2. The normalized spacial score (nSPS) is 18.4. The molecule has 1 saturated heterocycles. The van der Waals surface area contributed by atoms with Crippen molar-refractivity contribution in [2.24, 2.45) is 0 Å². The first-order valence-corrected chi connectivity index (χ1v) is 7.25. The Kier molecular flexibility index (Phi) is 4.63. The van der Waals surface area contributed by atoms with Crippen molar-refractivity contribution in [3.63, 3.8) is 0 Å². The summed E-state index contributed by atoms with van der Waals surface area (Å²) in [5.41, 5.74) is 0.823. The molecule has 1 aliphatic heterocycles. The predicted molar refractivity (Wildman–Crippen MR) is 79.9 cm³/mol. The van der Waals surface area contributed by atoms with E-state index >= 15 is 0 Å². The van der Waals surface area contributed by atoms with E-state index in [0.717, 1.165) is 5.56 Å². The summed E-state index contributed by atoms with van der Waals surface area (Å²) in [7, 11) is 0. The van der Waals surface area contributed by atoms with Gasteiger partial charge in [-0.2, -0.15) is 0 Å². The van der Waals surface area contributed by atoms with Crippen molar-refractivity contribution in [3.8, 4) is 0 Å². The Morgan fingerprint density at radius 3 is 2.86 bits per heavy atom. The summed E-state index contributed by atoms with van der Waals surface area (Å²) < 4.78 is 0. The van der Waals surface area contributed by atoms with Crippen LogP contribution in [0.3, 0.4) is 0 Å². The van der Waals surface area contributed by atoms with Crippen molar-refractivity contribution in [2.75, 3.05) is 6.54 Å². The summed E-state index contributed by atoms with van der Waals surface area (Å²) in [6.07, 6.45) is 1.96. The number of nitrogens with one attached hydrogen (secondary N) is 2. The average Bonchev–Trinajstić information content (AvgIpc) is 2.81. The second-order valence-electron chi connectivity index (χ2n) is 6.12. The molecule has 1 aromatic rings. The minimum atomic E-state index is -0.722. The second kappa shape index (κ2) is 6.26. The van der Waals surface area contributed by atoms with Gasteiger partial charge in [-0.25, -0.2) is 0 Å². The van der Waals surface area contributed by atoms with Crippen molar-refractivity contribution in [1.29, 1.82) is 0 Å². The molecule has 114 valence electrons. The highest BCUT2D eigenvalue weighted by atomic mass is 16.3. The lowest BCUT2D eigenvalue weighted by Gasteiger charge is -2.17. The average molecular weight is 290 g/mol. The van der Waals surface area contributed by atoms with E-state index in [1.54, 1.807) is 19.9 Å². The van der Waals surface area contributed by atoms with Crippen LogP contribution in [0.25, 0.3) is 0 Å². The van der Waals surface area contributed by atoms with E-state index in [9.17, 15) is 14.7 Å². The molecule has 2 rings (SSSR count). The number of benzene rings is 1. The Labute approximate surface area is 124 Å². The van der Waals surface area contributed by atoms with Gasteiger partial charge < -0.3 is 15.7 Å². The summed E-state index contributed by atoms with van der Waals surface area (Å²) in [6, 6.07) is 6.87. The number of aryl methyl sites for hydroxylation is 1. The van der Waals surface area contributed by atoms with Gasteiger partial charge in [-0.15, -0.1) is 0 Å². The van der Waals surface area contributed by atoms with Gasteiger partial charge >= 0.3 is 0 Å². The van der Waals surface area contributed by atoms with Gasteiger partial charge in [0, 0.05) is 12.1 Å². The Morgan fingerprint density at radius 1 is 1.48 bits per heavy atom. The largest absolute Gasteiger partial charge is 0.390 e. The molecule has 21 heavy (non-hydrogen) atoms. The molecule has 3 N–H and O–H groups in total. The number of hydrogen-bond donors (Lipinski definition) is 3. The second-order valence-corrected chi connectivity index (χ2v) is 6.12. The maximum Gasteiger partial charge on any atom is 0.251 e. The van der Waals surface area contributed by atoms with Crippen LogP contribution in [-0.4, -0.2) is 35.1 Å². The maximum absolute atomic E-state index is 12.2. The molecule has 0 aromatic heterocycles. The number of carbonyl (C=O) groups excluding carboxylic acids is 2. The monoisotopic (exact) mass is 290 g/mol. The Hall–Kier alpha value is -1.88. The van der Waals surface area contributed by atoms with Crippen molar-refractivity contribution in [1.82, 2.24) is 10.6 Å². The molecule has 1 aliphatic rings. The van der Waals surface area contributed by atoms with Crippen LogP contribution in [0.15, 0.2) is 24.3 Å². The van der Waals surface area contributed by atoms with Gasteiger partial charge in [0.15, 0.2) is 0 Å².